The molecule has 0 spiro atoms. The molecule has 0 aliphatic heterocycles. The second kappa shape index (κ2) is 5.22. The first kappa shape index (κ1) is 12.6. The number of hydrogen-bond acceptors (Lipinski definition) is 0. The molecule has 18 heavy (non-hydrogen) atoms. The van der Waals surface area contributed by atoms with Gasteiger partial charge in [0.15, 0.2) is 0 Å². The molecule has 0 saturated heterocycles. The highest BCUT2D eigenvalue weighted by Gasteiger charge is 1.99. The molecule has 0 unspecified atom stereocenters. The summed E-state index contributed by atoms with van der Waals surface area (Å²) in [5.74, 6) is 0. The Hall–Kier alpha value is -1.82. The number of benzene rings is 2. The van der Waals surface area contributed by atoms with E-state index in [0.29, 0.717) is 0 Å². The van der Waals surface area contributed by atoms with Crippen LogP contribution in [0, 0.1) is 13.8 Å². The zero-order chi connectivity index (χ0) is 13.1. The molecule has 0 heteroatoms. The summed E-state index contributed by atoms with van der Waals surface area (Å²) in [6.07, 6.45) is 0.999. The third kappa shape index (κ3) is 3.10. The van der Waals surface area contributed by atoms with Crippen LogP contribution in [-0.2, 0) is 6.42 Å². The van der Waals surface area contributed by atoms with Crippen molar-refractivity contribution >= 4 is 5.57 Å². The molecule has 2 aromatic carbocycles. The van der Waals surface area contributed by atoms with Crippen LogP contribution in [0.2, 0.25) is 0 Å². The molecule has 2 rings (SSSR count). The first-order valence-corrected chi connectivity index (χ1v) is 6.36. The Bertz CT molecular complexity index is 539. The molecule has 0 aliphatic rings. The molecular weight excluding hydrogens is 216 g/mol. The van der Waals surface area contributed by atoms with Gasteiger partial charge in [0.05, 0.1) is 0 Å². The van der Waals surface area contributed by atoms with Crippen LogP contribution in [0.15, 0.2) is 49.0 Å². The molecule has 0 aromatic heterocycles. The summed E-state index contributed by atoms with van der Waals surface area (Å²) in [5, 5.41) is 0. The Balaban J connectivity index is 2.20. The van der Waals surface area contributed by atoms with Crippen molar-refractivity contribution < 1.29 is 0 Å². The minimum atomic E-state index is 0.999. The van der Waals surface area contributed by atoms with Gasteiger partial charge in [-0.3, -0.25) is 0 Å². The summed E-state index contributed by atoms with van der Waals surface area (Å²) in [4.78, 5) is 0. The van der Waals surface area contributed by atoms with Crippen LogP contribution in [0.1, 0.15) is 34.7 Å². The fraction of sp³-hybridized carbons (Fsp3) is 0.222. The lowest BCUT2D eigenvalue weighted by molar-refractivity contribution is 1.17. The normalized spacial score (nSPS) is 10.4. The number of allylic oxidation sites excluding steroid dienone is 1. The summed E-state index contributed by atoms with van der Waals surface area (Å²) < 4.78 is 0. The second-order valence-corrected chi connectivity index (χ2v) is 5.15. The summed E-state index contributed by atoms with van der Waals surface area (Å²) in [6.45, 7) is 10.3. The van der Waals surface area contributed by atoms with Crippen LogP contribution in [0.3, 0.4) is 0 Å². The molecule has 0 radical (unpaired) electrons. The fourth-order valence-corrected chi connectivity index (χ4v) is 2.31. The van der Waals surface area contributed by atoms with Crippen LogP contribution in [0.4, 0.5) is 0 Å². The molecule has 0 bridgehead atoms. The van der Waals surface area contributed by atoms with Gasteiger partial charge in [0.1, 0.15) is 0 Å². The molecule has 92 valence electrons. The summed E-state index contributed by atoms with van der Waals surface area (Å²) in [7, 11) is 0. The van der Waals surface area contributed by atoms with Crippen molar-refractivity contribution in [3.05, 3.63) is 76.9 Å². The molecule has 0 atom stereocenters. The predicted octanol–water partition coefficient (Wildman–Crippen LogP) is 4.93. The zero-order valence-corrected chi connectivity index (χ0v) is 11.5. The molecule has 0 heterocycles. The summed E-state index contributed by atoms with van der Waals surface area (Å²) >= 11 is 0. The van der Waals surface area contributed by atoms with E-state index < -0.39 is 0 Å². The van der Waals surface area contributed by atoms with Gasteiger partial charge in [-0.15, -0.1) is 0 Å². The second-order valence-electron chi connectivity index (χ2n) is 5.15. The van der Waals surface area contributed by atoms with Crippen molar-refractivity contribution in [1.82, 2.24) is 0 Å². The van der Waals surface area contributed by atoms with E-state index >= 15 is 0 Å². The van der Waals surface area contributed by atoms with E-state index in [1.54, 1.807) is 0 Å². The lowest BCUT2D eigenvalue weighted by Gasteiger charge is -2.06. The number of rotatable bonds is 3. The zero-order valence-electron chi connectivity index (χ0n) is 11.5. The SMILES string of the molecule is C=C(C)c1ccc(Cc2cc(C)cc(C)c2)cc1. The lowest BCUT2D eigenvalue weighted by atomic mass is 9.99. The maximum atomic E-state index is 3.96. The Morgan fingerprint density at radius 1 is 0.889 bits per heavy atom. The first-order valence-electron chi connectivity index (χ1n) is 6.36. The average molecular weight is 236 g/mol. The van der Waals surface area contributed by atoms with E-state index in [9.17, 15) is 0 Å². The van der Waals surface area contributed by atoms with Crippen molar-refractivity contribution in [3.8, 4) is 0 Å². The third-order valence-corrected chi connectivity index (χ3v) is 3.14. The topological polar surface area (TPSA) is 0 Å². The highest BCUT2D eigenvalue weighted by Crippen LogP contribution is 2.17. The lowest BCUT2D eigenvalue weighted by Crippen LogP contribution is -1.91. The Morgan fingerprint density at radius 3 is 1.94 bits per heavy atom. The van der Waals surface area contributed by atoms with E-state index in [4.69, 9.17) is 0 Å². The van der Waals surface area contributed by atoms with Gasteiger partial charge >= 0.3 is 0 Å². The molecule has 0 fully saturated rings. The van der Waals surface area contributed by atoms with Crippen molar-refractivity contribution in [2.75, 3.05) is 0 Å². The van der Waals surface area contributed by atoms with Gasteiger partial charge in [0, 0.05) is 0 Å². The molecule has 0 saturated carbocycles. The quantitative estimate of drug-likeness (QED) is 0.709. The predicted molar refractivity (Wildman–Crippen MR) is 79.9 cm³/mol. The Labute approximate surface area is 110 Å². The van der Waals surface area contributed by atoms with Gasteiger partial charge in [0.2, 0.25) is 0 Å². The Kier molecular flexibility index (Phi) is 3.66. The van der Waals surface area contributed by atoms with Crippen LogP contribution < -0.4 is 0 Å². The molecule has 0 amide bonds. The van der Waals surface area contributed by atoms with Crippen LogP contribution in [0.25, 0.3) is 5.57 Å². The minimum absolute atomic E-state index is 0.999. The highest BCUT2D eigenvalue weighted by atomic mass is 14.0. The molecule has 0 nitrogen and oxygen atoms in total. The summed E-state index contributed by atoms with van der Waals surface area (Å²) in [5.41, 5.74) is 7.75. The van der Waals surface area contributed by atoms with Crippen molar-refractivity contribution in [3.63, 3.8) is 0 Å². The van der Waals surface area contributed by atoms with Crippen molar-refractivity contribution in [2.24, 2.45) is 0 Å². The van der Waals surface area contributed by atoms with Crippen LogP contribution in [-0.4, -0.2) is 0 Å². The third-order valence-electron chi connectivity index (χ3n) is 3.14. The van der Waals surface area contributed by atoms with Crippen LogP contribution >= 0.6 is 0 Å². The molecule has 0 aliphatic carbocycles. The van der Waals surface area contributed by atoms with Gasteiger partial charge in [-0.05, 0) is 43.9 Å². The van der Waals surface area contributed by atoms with E-state index in [1.807, 2.05) is 6.92 Å². The van der Waals surface area contributed by atoms with E-state index in [1.165, 1.54) is 27.8 Å². The van der Waals surface area contributed by atoms with Crippen LogP contribution in [0.5, 0.6) is 0 Å². The van der Waals surface area contributed by atoms with Crippen molar-refractivity contribution in [2.45, 2.75) is 27.2 Å². The maximum Gasteiger partial charge on any atom is -0.00256 e. The molecule has 0 N–H and O–H groups in total. The average Bonchev–Trinajstić information content (AvgIpc) is 2.28. The minimum Gasteiger partial charge on any atom is -0.0955 e. The van der Waals surface area contributed by atoms with Gasteiger partial charge < -0.3 is 0 Å². The van der Waals surface area contributed by atoms with E-state index in [0.717, 1.165) is 12.0 Å². The standard InChI is InChI=1S/C18H20/c1-13(2)18-7-5-16(6-8-18)12-17-10-14(3)9-15(4)11-17/h5-11H,1,12H2,2-4H3. The molecular formula is C18H20. The first-order chi connectivity index (χ1) is 8.54. The smallest absolute Gasteiger partial charge is 0.00256 e. The largest absolute Gasteiger partial charge is 0.0955 e. The van der Waals surface area contributed by atoms with E-state index in [2.05, 4.69) is 62.9 Å². The van der Waals surface area contributed by atoms with E-state index in [-0.39, 0.29) is 0 Å². The van der Waals surface area contributed by atoms with Gasteiger partial charge in [-0.25, -0.2) is 0 Å². The van der Waals surface area contributed by atoms with Gasteiger partial charge in [-0.1, -0.05) is 65.7 Å². The number of hydrogen-bond donors (Lipinski definition) is 0. The highest BCUT2D eigenvalue weighted by molar-refractivity contribution is 5.61. The Morgan fingerprint density at radius 2 is 1.44 bits per heavy atom. The van der Waals surface area contributed by atoms with Crippen molar-refractivity contribution in [1.29, 1.82) is 0 Å². The fourth-order valence-electron chi connectivity index (χ4n) is 2.31. The van der Waals surface area contributed by atoms with Gasteiger partial charge in [-0.2, -0.15) is 0 Å². The molecule has 2 aromatic rings. The maximum absolute atomic E-state index is 3.96. The summed E-state index contributed by atoms with van der Waals surface area (Å²) in [6, 6.07) is 15.4. The van der Waals surface area contributed by atoms with Gasteiger partial charge in [0.25, 0.3) is 0 Å². The monoisotopic (exact) mass is 236 g/mol. The number of aryl methyl sites for hydroxylation is 2.